The second-order valence-electron chi connectivity index (χ2n) is 7.19. The molecule has 25 heavy (non-hydrogen) atoms. The summed E-state index contributed by atoms with van der Waals surface area (Å²) < 4.78 is 17.1. The van der Waals surface area contributed by atoms with Gasteiger partial charge >= 0.3 is 6.09 Å². The van der Waals surface area contributed by atoms with Gasteiger partial charge < -0.3 is 29.1 Å². The van der Waals surface area contributed by atoms with Crippen molar-refractivity contribution in [2.75, 3.05) is 39.8 Å². The molecule has 1 amide bonds. The summed E-state index contributed by atoms with van der Waals surface area (Å²) in [5.74, 6) is 1.40. The molecule has 0 saturated carbocycles. The Kier molecular flexibility index (Phi) is 4.21. The van der Waals surface area contributed by atoms with Gasteiger partial charge in [-0.25, -0.2) is 4.79 Å². The summed E-state index contributed by atoms with van der Waals surface area (Å²) in [6.07, 6.45) is 0.346. The van der Waals surface area contributed by atoms with Crippen LogP contribution in [0, 0.1) is 0 Å². The van der Waals surface area contributed by atoms with E-state index in [2.05, 4.69) is 4.90 Å². The second-order valence-corrected chi connectivity index (χ2v) is 7.19. The number of aliphatic hydroxyl groups is 1. The molecule has 2 unspecified atom stereocenters. The summed E-state index contributed by atoms with van der Waals surface area (Å²) in [5.41, 5.74) is -0.351. The van der Waals surface area contributed by atoms with Gasteiger partial charge in [0.1, 0.15) is 18.3 Å². The fraction of sp³-hybridized carbons (Fsp3) is 0.611. The Balaban J connectivity index is 1.30. The summed E-state index contributed by atoms with van der Waals surface area (Å²) in [6, 6.07) is 7.50. The number of amides is 1. The van der Waals surface area contributed by atoms with Gasteiger partial charge in [0.15, 0.2) is 17.6 Å². The Labute approximate surface area is 147 Å². The first-order valence-corrected chi connectivity index (χ1v) is 8.78. The number of nitrogens with zero attached hydrogens (tertiary/aromatic N) is 2. The van der Waals surface area contributed by atoms with Gasteiger partial charge in [0, 0.05) is 39.5 Å². The number of aliphatic hydroxyl groups excluding tert-OH is 1. The lowest BCUT2D eigenvalue weighted by atomic mass is 9.91. The van der Waals surface area contributed by atoms with Crippen molar-refractivity contribution >= 4 is 6.09 Å². The molecule has 3 aliphatic rings. The molecule has 2 saturated heterocycles. The molecule has 7 heteroatoms. The van der Waals surface area contributed by atoms with E-state index in [1.54, 1.807) is 11.9 Å². The smallest absolute Gasteiger partial charge is 0.410 e. The number of fused-ring (bicyclic) bond motifs is 1. The highest BCUT2D eigenvalue weighted by Crippen LogP contribution is 2.34. The lowest BCUT2D eigenvalue weighted by Gasteiger charge is -2.39. The number of ether oxygens (including phenoxy) is 3. The van der Waals surface area contributed by atoms with E-state index in [0.29, 0.717) is 25.4 Å². The van der Waals surface area contributed by atoms with Crippen molar-refractivity contribution in [3.63, 3.8) is 0 Å². The average molecular weight is 348 g/mol. The third-order valence-electron chi connectivity index (χ3n) is 5.31. The molecule has 2 atom stereocenters. The Bertz CT molecular complexity index is 644. The number of β-amino-alcohol motifs (C(OH)–C–C–N with tert-alkyl or cyclic N) is 1. The molecule has 3 heterocycles. The summed E-state index contributed by atoms with van der Waals surface area (Å²) in [5, 5.41) is 10.6. The number of hydrogen-bond donors (Lipinski definition) is 1. The third-order valence-corrected chi connectivity index (χ3v) is 5.31. The zero-order chi connectivity index (χ0) is 17.4. The quantitative estimate of drug-likeness (QED) is 0.882. The van der Waals surface area contributed by atoms with E-state index in [9.17, 15) is 9.90 Å². The average Bonchev–Trinajstić information content (AvgIpc) is 2.90. The van der Waals surface area contributed by atoms with Crippen LogP contribution in [0.4, 0.5) is 4.79 Å². The van der Waals surface area contributed by atoms with E-state index in [4.69, 9.17) is 14.2 Å². The first kappa shape index (κ1) is 16.5. The number of hydrogen-bond acceptors (Lipinski definition) is 6. The van der Waals surface area contributed by atoms with E-state index < -0.39 is 6.10 Å². The predicted molar refractivity (Wildman–Crippen MR) is 89.9 cm³/mol. The summed E-state index contributed by atoms with van der Waals surface area (Å²) >= 11 is 0. The predicted octanol–water partition coefficient (Wildman–Crippen LogP) is 1.10. The van der Waals surface area contributed by atoms with Crippen molar-refractivity contribution in [2.24, 2.45) is 0 Å². The van der Waals surface area contributed by atoms with Crippen LogP contribution in [0.2, 0.25) is 0 Å². The van der Waals surface area contributed by atoms with Crippen molar-refractivity contribution in [2.45, 2.75) is 30.7 Å². The van der Waals surface area contributed by atoms with Gasteiger partial charge in [0.05, 0.1) is 6.54 Å². The Hall–Kier alpha value is -1.99. The Morgan fingerprint density at radius 1 is 1.28 bits per heavy atom. The molecule has 1 spiro atoms. The summed E-state index contributed by atoms with van der Waals surface area (Å²) in [7, 11) is 1.77. The van der Waals surface area contributed by atoms with Gasteiger partial charge in [-0.1, -0.05) is 12.1 Å². The lowest BCUT2D eigenvalue weighted by molar-refractivity contribution is -0.0451. The third kappa shape index (κ3) is 3.26. The van der Waals surface area contributed by atoms with E-state index in [0.717, 1.165) is 31.7 Å². The molecule has 7 nitrogen and oxygen atoms in total. The molecule has 2 fully saturated rings. The molecule has 0 bridgehead atoms. The van der Waals surface area contributed by atoms with Crippen LogP contribution >= 0.6 is 0 Å². The highest BCUT2D eigenvalue weighted by molar-refractivity contribution is 5.70. The fourth-order valence-electron chi connectivity index (χ4n) is 3.80. The van der Waals surface area contributed by atoms with E-state index in [-0.39, 0.29) is 17.8 Å². The zero-order valence-electron chi connectivity index (χ0n) is 14.4. The number of carbonyl (C=O) groups excluding carboxylic acids is 1. The van der Waals surface area contributed by atoms with E-state index >= 15 is 0 Å². The van der Waals surface area contributed by atoms with Gasteiger partial charge in [0.2, 0.25) is 0 Å². The lowest BCUT2D eigenvalue weighted by Crippen LogP contribution is -2.51. The topological polar surface area (TPSA) is 71.5 Å². The monoisotopic (exact) mass is 348 g/mol. The molecule has 136 valence electrons. The van der Waals surface area contributed by atoms with Crippen molar-refractivity contribution in [1.82, 2.24) is 9.80 Å². The molecule has 4 rings (SSSR count). The molecule has 3 aliphatic heterocycles. The van der Waals surface area contributed by atoms with Crippen LogP contribution in [-0.4, -0.2) is 78.6 Å². The van der Waals surface area contributed by atoms with E-state index in [1.807, 2.05) is 24.3 Å². The van der Waals surface area contributed by atoms with Crippen LogP contribution in [0.15, 0.2) is 24.3 Å². The number of likely N-dealkylation sites (N-methyl/N-ethyl adjacent to an activating group) is 1. The van der Waals surface area contributed by atoms with Crippen LogP contribution in [0.25, 0.3) is 0 Å². The van der Waals surface area contributed by atoms with Gasteiger partial charge in [-0.3, -0.25) is 0 Å². The van der Waals surface area contributed by atoms with Gasteiger partial charge in [-0.05, 0) is 12.1 Å². The van der Waals surface area contributed by atoms with Gasteiger partial charge in [-0.15, -0.1) is 0 Å². The number of para-hydroxylation sites is 2. The maximum Gasteiger partial charge on any atom is 0.410 e. The first-order chi connectivity index (χ1) is 12.0. The van der Waals surface area contributed by atoms with Crippen molar-refractivity contribution < 1.29 is 24.1 Å². The second kappa shape index (κ2) is 6.38. The molecule has 1 N–H and O–H groups in total. The van der Waals surface area contributed by atoms with Crippen molar-refractivity contribution in [3.05, 3.63) is 24.3 Å². The van der Waals surface area contributed by atoms with Crippen LogP contribution in [0.1, 0.15) is 12.8 Å². The normalized spacial score (nSPS) is 26.6. The zero-order valence-corrected chi connectivity index (χ0v) is 14.4. The first-order valence-electron chi connectivity index (χ1n) is 8.78. The number of carbonyl (C=O) groups is 1. The molecular formula is C18H24N2O5. The fourth-order valence-corrected chi connectivity index (χ4v) is 3.80. The van der Waals surface area contributed by atoms with Crippen molar-refractivity contribution in [1.29, 1.82) is 0 Å². The minimum absolute atomic E-state index is 0.236. The maximum atomic E-state index is 11.6. The minimum atomic E-state index is -0.629. The largest absolute Gasteiger partial charge is 0.486 e. The standard InChI is InChI=1S/C18H24N2O5/c1-19-12-18(25-17(19)22)6-8-20(9-7-18)10-13(21)16-11-23-14-4-2-3-5-15(14)24-16/h2-5,13,16,21H,6-12H2,1H3. The van der Waals surface area contributed by atoms with E-state index in [1.165, 1.54) is 0 Å². The SMILES string of the molecule is CN1CC2(CCN(CC(O)C3COc4ccccc4O3)CC2)OC1=O. The van der Waals surface area contributed by atoms with Crippen molar-refractivity contribution in [3.8, 4) is 11.5 Å². The minimum Gasteiger partial charge on any atom is -0.486 e. The molecule has 0 radical (unpaired) electrons. The van der Waals surface area contributed by atoms with Crippen LogP contribution in [0.3, 0.4) is 0 Å². The van der Waals surface area contributed by atoms with Crippen LogP contribution < -0.4 is 9.47 Å². The summed E-state index contributed by atoms with van der Waals surface area (Å²) in [6.45, 7) is 3.11. The Morgan fingerprint density at radius 2 is 2.00 bits per heavy atom. The number of benzene rings is 1. The van der Waals surface area contributed by atoms with Crippen LogP contribution in [0.5, 0.6) is 11.5 Å². The maximum absolute atomic E-state index is 11.6. The molecule has 0 aliphatic carbocycles. The van der Waals surface area contributed by atoms with Crippen LogP contribution in [-0.2, 0) is 4.74 Å². The Morgan fingerprint density at radius 3 is 2.68 bits per heavy atom. The number of likely N-dealkylation sites (tertiary alicyclic amines) is 1. The van der Waals surface area contributed by atoms with Gasteiger partial charge in [-0.2, -0.15) is 0 Å². The molecule has 0 aromatic heterocycles. The number of rotatable bonds is 3. The summed E-state index contributed by atoms with van der Waals surface area (Å²) in [4.78, 5) is 15.5. The molecule has 1 aromatic rings. The molecular weight excluding hydrogens is 324 g/mol. The highest BCUT2D eigenvalue weighted by atomic mass is 16.6. The van der Waals surface area contributed by atoms with Gasteiger partial charge in [0.25, 0.3) is 0 Å². The molecule has 1 aromatic carbocycles. The number of piperidine rings is 1. The highest BCUT2D eigenvalue weighted by Gasteiger charge is 2.46.